The van der Waals surface area contributed by atoms with Crippen LogP contribution in [0, 0.1) is 18.3 Å². The van der Waals surface area contributed by atoms with Crippen LogP contribution in [0.25, 0.3) is 33.5 Å². The molecule has 0 amide bonds. The molecule has 0 unspecified atom stereocenters. The van der Waals surface area contributed by atoms with Crippen molar-refractivity contribution in [2.24, 2.45) is 0 Å². The highest BCUT2D eigenvalue weighted by Gasteiger charge is 2.11. The maximum Gasteiger partial charge on any atom is 0.101 e. The van der Waals surface area contributed by atoms with Crippen LogP contribution in [0.4, 0.5) is 0 Å². The lowest BCUT2D eigenvalue weighted by Crippen LogP contribution is -1.93. The minimum absolute atomic E-state index is 0.666. The quantitative estimate of drug-likeness (QED) is 0.377. The summed E-state index contributed by atoms with van der Waals surface area (Å²) in [5.41, 5.74) is 9.43. The average molecular weight is 374 g/mol. The molecule has 0 saturated heterocycles. The third-order valence-corrected chi connectivity index (χ3v) is 5.22. The van der Waals surface area contributed by atoms with Gasteiger partial charge in [-0.2, -0.15) is 5.26 Å². The van der Waals surface area contributed by atoms with Crippen molar-refractivity contribution in [3.05, 3.63) is 108 Å². The van der Waals surface area contributed by atoms with E-state index in [0.717, 1.165) is 28.0 Å². The monoisotopic (exact) mass is 374 g/mol. The zero-order valence-corrected chi connectivity index (χ0v) is 16.7. The summed E-state index contributed by atoms with van der Waals surface area (Å²) in [6.07, 6.45) is 3.93. The molecule has 3 aromatic carbocycles. The van der Waals surface area contributed by atoms with E-state index in [2.05, 4.69) is 74.2 Å². The summed E-state index contributed by atoms with van der Waals surface area (Å²) in [5, 5.41) is 9.67. The molecule has 0 saturated carbocycles. The molecule has 1 aromatic heterocycles. The molecule has 0 radical (unpaired) electrons. The maximum absolute atomic E-state index is 9.67. The number of aromatic nitrogens is 1. The van der Waals surface area contributed by atoms with Gasteiger partial charge >= 0.3 is 0 Å². The van der Waals surface area contributed by atoms with Gasteiger partial charge in [0.25, 0.3) is 0 Å². The SMILES string of the molecule is C=C(C)c1ccc(-n2cc(C#N)c(-c3ccc(-c4ccccc4)cc3)c2)cc1C. The second kappa shape index (κ2) is 7.66. The molecular formula is C27H22N2. The van der Waals surface area contributed by atoms with Gasteiger partial charge in [-0.05, 0) is 53.8 Å². The molecule has 0 aliphatic heterocycles. The van der Waals surface area contributed by atoms with Crippen LogP contribution in [0.15, 0.2) is 91.8 Å². The first-order valence-electron chi connectivity index (χ1n) is 9.61. The van der Waals surface area contributed by atoms with Gasteiger partial charge in [0.2, 0.25) is 0 Å². The van der Waals surface area contributed by atoms with E-state index in [1.807, 2.05) is 42.1 Å². The Bertz CT molecular complexity index is 1220. The third-order valence-electron chi connectivity index (χ3n) is 5.22. The Kier molecular flexibility index (Phi) is 4.89. The van der Waals surface area contributed by atoms with Gasteiger partial charge in [-0.3, -0.25) is 0 Å². The van der Waals surface area contributed by atoms with Crippen LogP contribution in [-0.4, -0.2) is 4.57 Å². The van der Waals surface area contributed by atoms with Crippen LogP contribution >= 0.6 is 0 Å². The van der Waals surface area contributed by atoms with Crippen molar-refractivity contribution >= 4 is 5.57 Å². The smallest absolute Gasteiger partial charge is 0.101 e. The van der Waals surface area contributed by atoms with Gasteiger partial charge in [0.05, 0.1) is 5.56 Å². The summed E-state index contributed by atoms with van der Waals surface area (Å²) in [6.45, 7) is 8.14. The topological polar surface area (TPSA) is 28.7 Å². The Morgan fingerprint density at radius 3 is 2.14 bits per heavy atom. The lowest BCUT2D eigenvalue weighted by Gasteiger charge is -2.09. The molecule has 29 heavy (non-hydrogen) atoms. The van der Waals surface area contributed by atoms with Gasteiger partial charge in [0, 0.05) is 23.6 Å². The van der Waals surface area contributed by atoms with E-state index < -0.39 is 0 Å². The molecule has 2 heteroatoms. The lowest BCUT2D eigenvalue weighted by atomic mass is 10.0. The molecule has 0 atom stereocenters. The molecule has 0 N–H and O–H groups in total. The van der Waals surface area contributed by atoms with E-state index in [4.69, 9.17) is 0 Å². The normalized spacial score (nSPS) is 10.5. The fourth-order valence-corrected chi connectivity index (χ4v) is 3.68. The van der Waals surface area contributed by atoms with Crippen LogP contribution in [0.5, 0.6) is 0 Å². The van der Waals surface area contributed by atoms with Gasteiger partial charge in [-0.15, -0.1) is 0 Å². The number of nitrogens with zero attached hydrogens (tertiary/aromatic N) is 2. The Labute approximate surface area is 172 Å². The summed E-state index contributed by atoms with van der Waals surface area (Å²) in [7, 11) is 0. The van der Waals surface area contributed by atoms with Crippen LogP contribution in [0.2, 0.25) is 0 Å². The van der Waals surface area contributed by atoms with E-state index in [9.17, 15) is 5.26 Å². The number of hydrogen-bond acceptors (Lipinski definition) is 1. The molecule has 0 aliphatic rings. The van der Waals surface area contributed by atoms with Crippen molar-refractivity contribution in [1.29, 1.82) is 5.26 Å². The number of aryl methyl sites for hydroxylation is 1. The van der Waals surface area contributed by atoms with E-state index in [1.165, 1.54) is 16.7 Å². The van der Waals surface area contributed by atoms with E-state index in [1.54, 1.807) is 0 Å². The van der Waals surface area contributed by atoms with Crippen molar-refractivity contribution in [1.82, 2.24) is 4.57 Å². The summed E-state index contributed by atoms with van der Waals surface area (Å²) in [4.78, 5) is 0. The van der Waals surface area contributed by atoms with Gasteiger partial charge < -0.3 is 4.57 Å². The molecule has 0 fully saturated rings. The first-order valence-corrected chi connectivity index (χ1v) is 9.61. The summed E-state index contributed by atoms with van der Waals surface area (Å²) < 4.78 is 2.02. The number of rotatable bonds is 4. The number of allylic oxidation sites excluding steroid dienone is 1. The lowest BCUT2D eigenvalue weighted by molar-refractivity contribution is 1.07. The molecular weight excluding hydrogens is 352 g/mol. The molecule has 0 spiro atoms. The predicted octanol–water partition coefficient (Wildman–Crippen LogP) is 7.02. The van der Waals surface area contributed by atoms with Gasteiger partial charge in [0.1, 0.15) is 6.07 Å². The first kappa shape index (κ1) is 18.5. The fraction of sp³-hybridized carbons (Fsp3) is 0.0741. The predicted molar refractivity (Wildman–Crippen MR) is 121 cm³/mol. The molecule has 2 nitrogen and oxygen atoms in total. The highest BCUT2D eigenvalue weighted by molar-refractivity contribution is 5.74. The average Bonchev–Trinajstić information content (AvgIpc) is 3.19. The minimum Gasteiger partial charge on any atom is -0.322 e. The Hall–Kier alpha value is -3.83. The van der Waals surface area contributed by atoms with E-state index >= 15 is 0 Å². The second-order valence-electron chi connectivity index (χ2n) is 7.33. The summed E-state index contributed by atoms with van der Waals surface area (Å²) in [6, 6.07) is 27.3. The number of nitriles is 1. The summed E-state index contributed by atoms with van der Waals surface area (Å²) in [5.74, 6) is 0. The van der Waals surface area contributed by atoms with Crippen molar-refractivity contribution < 1.29 is 0 Å². The zero-order chi connectivity index (χ0) is 20.4. The van der Waals surface area contributed by atoms with E-state index in [0.29, 0.717) is 5.56 Å². The van der Waals surface area contributed by atoms with Crippen LogP contribution in [-0.2, 0) is 0 Å². The maximum atomic E-state index is 9.67. The molecule has 4 rings (SSSR count). The molecule has 0 aliphatic carbocycles. The van der Waals surface area contributed by atoms with Crippen molar-refractivity contribution in [3.63, 3.8) is 0 Å². The Morgan fingerprint density at radius 1 is 0.862 bits per heavy atom. The van der Waals surface area contributed by atoms with E-state index in [-0.39, 0.29) is 0 Å². The highest BCUT2D eigenvalue weighted by Crippen LogP contribution is 2.29. The third kappa shape index (κ3) is 3.63. The van der Waals surface area contributed by atoms with Gasteiger partial charge in [-0.1, -0.05) is 72.8 Å². The number of hydrogen-bond donors (Lipinski definition) is 0. The standard InChI is InChI=1S/C27H22N2/c1-19(2)26-14-13-25(15-20(26)3)29-17-24(16-28)27(18-29)23-11-9-22(10-12-23)21-7-5-4-6-8-21/h4-15,17-18H,1H2,2-3H3. The Morgan fingerprint density at radius 2 is 1.52 bits per heavy atom. The zero-order valence-electron chi connectivity index (χ0n) is 16.7. The van der Waals surface area contributed by atoms with Crippen molar-refractivity contribution in [2.45, 2.75) is 13.8 Å². The van der Waals surface area contributed by atoms with Crippen molar-refractivity contribution in [2.75, 3.05) is 0 Å². The minimum atomic E-state index is 0.666. The Balaban J connectivity index is 1.71. The van der Waals surface area contributed by atoms with Crippen LogP contribution in [0.3, 0.4) is 0 Å². The second-order valence-corrected chi connectivity index (χ2v) is 7.33. The largest absolute Gasteiger partial charge is 0.322 e. The molecule has 140 valence electrons. The van der Waals surface area contributed by atoms with Crippen molar-refractivity contribution in [3.8, 4) is 34.0 Å². The molecule has 0 bridgehead atoms. The van der Waals surface area contributed by atoms with Crippen LogP contribution in [0.1, 0.15) is 23.6 Å². The first-order chi connectivity index (χ1) is 14.1. The fourth-order valence-electron chi connectivity index (χ4n) is 3.68. The molecule has 4 aromatic rings. The molecule has 1 heterocycles. The van der Waals surface area contributed by atoms with Gasteiger partial charge in [0.15, 0.2) is 0 Å². The number of benzene rings is 3. The van der Waals surface area contributed by atoms with Gasteiger partial charge in [-0.25, -0.2) is 0 Å². The summed E-state index contributed by atoms with van der Waals surface area (Å²) >= 11 is 0. The highest BCUT2D eigenvalue weighted by atomic mass is 14.9. The van der Waals surface area contributed by atoms with Crippen LogP contribution < -0.4 is 0 Å².